The van der Waals surface area contributed by atoms with Gasteiger partial charge in [0.1, 0.15) is 0 Å². The Hall–Kier alpha value is -2.71. The second-order valence-electron chi connectivity index (χ2n) is 6.40. The number of hydrogen-bond acceptors (Lipinski definition) is 5. The molecule has 0 unspecified atom stereocenters. The van der Waals surface area contributed by atoms with E-state index in [0.717, 1.165) is 17.7 Å². The number of nitrogens with one attached hydrogen (secondary N) is 2. The number of sulfonamides is 1. The number of nitrogens with zero attached hydrogens (tertiary/aromatic N) is 1. The standard InChI is InChI=1S/C20H21N3O3S2/c1-4-16-12-27-20(21-16)22-19(24)15-7-9-17(10-8-15)23-28(25,26)18-11-13(2)5-6-14(18)3/h5-12,23H,4H2,1-3H3,(H,21,22,24). The monoisotopic (exact) mass is 415 g/mol. The lowest BCUT2D eigenvalue weighted by molar-refractivity contribution is 0.102. The van der Waals surface area contributed by atoms with E-state index in [9.17, 15) is 13.2 Å². The van der Waals surface area contributed by atoms with E-state index in [1.165, 1.54) is 11.3 Å². The van der Waals surface area contributed by atoms with Gasteiger partial charge < -0.3 is 0 Å². The van der Waals surface area contributed by atoms with Gasteiger partial charge in [0.15, 0.2) is 5.13 Å². The minimum atomic E-state index is -3.71. The largest absolute Gasteiger partial charge is 0.298 e. The third kappa shape index (κ3) is 4.58. The van der Waals surface area contributed by atoms with Crippen LogP contribution < -0.4 is 10.0 Å². The van der Waals surface area contributed by atoms with Crippen LogP contribution in [0.3, 0.4) is 0 Å². The van der Waals surface area contributed by atoms with E-state index in [0.29, 0.717) is 21.9 Å². The summed E-state index contributed by atoms with van der Waals surface area (Å²) in [6.45, 7) is 5.60. The lowest BCUT2D eigenvalue weighted by Crippen LogP contribution is -2.15. The smallest absolute Gasteiger partial charge is 0.262 e. The van der Waals surface area contributed by atoms with Gasteiger partial charge in [0.05, 0.1) is 10.6 Å². The number of anilines is 2. The molecule has 0 radical (unpaired) electrons. The fourth-order valence-electron chi connectivity index (χ4n) is 2.59. The van der Waals surface area contributed by atoms with E-state index < -0.39 is 10.0 Å². The van der Waals surface area contributed by atoms with Gasteiger partial charge in [-0.2, -0.15) is 0 Å². The molecular formula is C20H21N3O3S2. The van der Waals surface area contributed by atoms with Gasteiger partial charge in [-0.1, -0.05) is 19.1 Å². The number of hydrogen-bond donors (Lipinski definition) is 2. The predicted octanol–water partition coefficient (Wildman–Crippen LogP) is 4.38. The lowest BCUT2D eigenvalue weighted by atomic mass is 10.2. The van der Waals surface area contributed by atoms with Crippen molar-refractivity contribution < 1.29 is 13.2 Å². The van der Waals surface area contributed by atoms with Crippen molar-refractivity contribution in [3.05, 3.63) is 70.2 Å². The highest BCUT2D eigenvalue weighted by Gasteiger charge is 2.17. The van der Waals surface area contributed by atoms with Gasteiger partial charge >= 0.3 is 0 Å². The Bertz CT molecular complexity index is 1100. The molecule has 0 bridgehead atoms. The van der Waals surface area contributed by atoms with Crippen LogP contribution in [0.1, 0.15) is 34.1 Å². The van der Waals surface area contributed by atoms with Gasteiger partial charge in [0.25, 0.3) is 15.9 Å². The summed E-state index contributed by atoms with van der Waals surface area (Å²) in [4.78, 5) is 16.9. The van der Waals surface area contributed by atoms with Crippen LogP contribution in [-0.2, 0) is 16.4 Å². The van der Waals surface area contributed by atoms with Gasteiger partial charge in [-0.05, 0) is 61.7 Å². The maximum absolute atomic E-state index is 12.7. The van der Waals surface area contributed by atoms with Crippen molar-refractivity contribution in [1.82, 2.24) is 4.98 Å². The van der Waals surface area contributed by atoms with Crippen LogP contribution >= 0.6 is 11.3 Å². The number of aromatic nitrogens is 1. The quantitative estimate of drug-likeness (QED) is 0.625. The van der Waals surface area contributed by atoms with Crippen LogP contribution in [0.5, 0.6) is 0 Å². The number of carbonyl (C=O) groups excluding carboxylic acids is 1. The molecule has 0 aliphatic heterocycles. The van der Waals surface area contributed by atoms with E-state index in [4.69, 9.17) is 0 Å². The summed E-state index contributed by atoms with van der Waals surface area (Å²) in [5.74, 6) is -0.291. The summed E-state index contributed by atoms with van der Waals surface area (Å²) < 4.78 is 27.9. The van der Waals surface area contributed by atoms with Crippen molar-refractivity contribution in [3.8, 4) is 0 Å². The summed E-state index contributed by atoms with van der Waals surface area (Å²) in [5, 5.41) is 5.20. The van der Waals surface area contributed by atoms with Crippen LogP contribution in [0.4, 0.5) is 10.8 Å². The first-order chi connectivity index (χ1) is 13.3. The van der Waals surface area contributed by atoms with Crippen LogP contribution in [0.2, 0.25) is 0 Å². The van der Waals surface area contributed by atoms with E-state index in [2.05, 4.69) is 15.0 Å². The summed E-state index contributed by atoms with van der Waals surface area (Å²) in [7, 11) is -3.71. The summed E-state index contributed by atoms with van der Waals surface area (Å²) in [6, 6.07) is 11.6. The molecule has 1 amide bonds. The molecule has 6 nitrogen and oxygen atoms in total. The van der Waals surface area contributed by atoms with Gasteiger partial charge in [-0.25, -0.2) is 13.4 Å². The predicted molar refractivity (Wildman–Crippen MR) is 113 cm³/mol. The van der Waals surface area contributed by atoms with Crippen LogP contribution in [0.15, 0.2) is 52.7 Å². The van der Waals surface area contributed by atoms with Crippen molar-refractivity contribution in [3.63, 3.8) is 0 Å². The van der Waals surface area contributed by atoms with E-state index in [1.54, 1.807) is 43.3 Å². The number of carbonyl (C=O) groups is 1. The number of amides is 1. The zero-order chi connectivity index (χ0) is 20.3. The second-order valence-corrected chi connectivity index (χ2v) is 8.91. The number of rotatable bonds is 6. The molecule has 1 aromatic heterocycles. The van der Waals surface area contributed by atoms with Crippen molar-refractivity contribution in [1.29, 1.82) is 0 Å². The Balaban J connectivity index is 1.73. The van der Waals surface area contributed by atoms with Crippen molar-refractivity contribution >= 4 is 38.1 Å². The Kier molecular flexibility index (Phi) is 5.81. The van der Waals surface area contributed by atoms with Crippen LogP contribution in [0, 0.1) is 13.8 Å². The molecule has 28 heavy (non-hydrogen) atoms. The summed E-state index contributed by atoms with van der Waals surface area (Å²) in [5.41, 5.74) is 3.27. The first-order valence-electron chi connectivity index (χ1n) is 8.74. The average Bonchev–Trinajstić information content (AvgIpc) is 3.11. The molecule has 2 N–H and O–H groups in total. The molecule has 0 fully saturated rings. The summed E-state index contributed by atoms with van der Waals surface area (Å²) in [6.07, 6.45) is 0.807. The molecule has 0 spiro atoms. The molecule has 0 saturated carbocycles. The Morgan fingerprint density at radius 2 is 1.82 bits per heavy atom. The third-order valence-corrected chi connectivity index (χ3v) is 6.50. The molecule has 0 aliphatic carbocycles. The highest BCUT2D eigenvalue weighted by atomic mass is 32.2. The maximum Gasteiger partial charge on any atom is 0.262 e. The molecule has 3 rings (SSSR count). The molecule has 8 heteroatoms. The van der Waals surface area contributed by atoms with Crippen molar-refractivity contribution in [2.75, 3.05) is 10.0 Å². The Labute approximate surface area is 168 Å². The first-order valence-corrected chi connectivity index (χ1v) is 11.1. The van der Waals surface area contributed by atoms with Gasteiger partial charge in [0, 0.05) is 16.6 Å². The number of aryl methyl sites for hydroxylation is 3. The normalized spacial score (nSPS) is 11.2. The maximum atomic E-state index is 12.7. The average molecular weight is 416 g/mol. The Morgan fingerprint density at radius 3 is 2.46 bits per heavy atom. The highest BCUT2D eigenvalue weighted by molar-refractivity contribution is 7.92. The first kappa shape index (κ1) is 20.0. The third-order valence-electron chi connectivity index (χ3n) is 4.17. The topological polar surface area (TPSA) is 88.2 Å². The minimum Gasteiger partial charge on any atom is -0.298 e. The van der Waals surface area contributed by atoms with Crippen LogP contribution in [0.25, 0.3) is 0 Å². The molecule has 146 valence electrons. The highest BCUT2D eigenvalue weighted by Crippen LogP contribution is 2.22. The number of thiazole rings is 1. The second kappa shape index (κ2) is 8.12. The van der Waals surface area contributed by atoms with Gasteiger partial charge in [-0.3, -0.25) is 14.8 Å². The molecule has 0 saturated heterocycles. The van der Waals surface area contributed by atoms with Crippen LogP contribution in [-0.4, -0.2) is 19.3 Å². The zero-order valence-electron chi connectivity index (χ0n) is 15.8. The van der Waals surface area contributed by atoms with Gasteiger partial charge in [-0.15, -0.1) is 11.3 Å². The van der Waals surface area contributed by atoms with E-state index in [-0.39, 0.29) is 10.8 Å². The number of benzene rings is 2. The molecule has 2 aromatic carbocycles. The van der Waals surface area contributed by atoms with Gasteiger partial charge in [0.2, 0.25) is 0 Å². The fraction of sp³-hybridized carbons (Fsp3) is 0.200. The Morgan fingerprint density at radius 1 is 1.11 bits per heavy atom. The van der Waals surface area contributed by atoms with Crippen molar-refractivity contribution in [2.45, 2.75) is 32.1 Å². The van der Waals surface area contributed by atoms with Crippen molar-refractivity contribution in [2.24, 2.45) is 0 Å². The lowest BCUT2D eigenvalue weighted by Gasteiger charge is -2.11. The molecule has 0 aliphatic rings. The van der Waals surface area contributed by atoms with E-state index in [1.807, 2.05) is 25.3 Å². The molecule has 0 atom stereocenters. The summed E-state index contributed by atoms with van der Waals surface area (Å²) >= 11 is 1.37. The molecular weight excluding hydrogens is 394 g/mol. The molecule has 1 heterocycles. The fourth-order valence-corrected chi connectivity index (χ4v) is 4.77. The SMILES string of the molecule is CCc1csc(NC(=O)c2ccc(NS(=O)(=O)c3cc(C)ccc3C)cc2)n1. The zero-order valence-corrected chi connectivity index (χ0v) is 17.4. The minimum absolute atomic E-state index is 0.241. The molecule has 3 aromatic rings. The van der Waals surface area contributed by atoms with E-state index >= 15 is 0 Å².